The number of hydrogen-bond donors (Lipinski definition) is 0. The number of rotatable bonds is 4. The Morgan fingerprint density at radius 1 is 0.952 bits per heavy atom. The van der Waals surface area contributed by atoms with Crippen molar-refractivity contribution in [3.05, 3.63) is 45.3 Å². The topological polar surface area (TPSA) is 44.8 Å². The van der Waals surface area contributed by atoms with Crippen LogP contribution in [0.25, 0.3) is 0 Å². The molecule has 0 fully saturated rings. The lowest BCUT2D eigenvalue weighted by Gasteiger charge is -2.10. The summed E-state index contributed by atoms with van der Waals surface area (Å²) in [5, 5.41) is 0. The summed E-state index contributed by atoms with van der Waals surface area (Å²) < 4.78 is 17.4. The first-order valence-corrected chi connectivity index (χ1v) is 7.57. The number of benzene rings is 2. The van der Waals surface area contributed by atoms with Crippen molar-refractivity contribution in [2.24, 2.45) is 0 Å². The van der Waals surface area contributed by atoms with Gasteiger partial charge in [-0.3, -0.25) is 4.79 Å². The number of methoxy groups -OCH3 is 1. The van der Waals surface area contributed by atoms with Gasteiger partial charge in [0.15, 0.2) is 0 Å². The standard InChI is InChI=1S/C15H12Br2O4/c1-9(18)20-15-6-4-11(8-13(15)17)21-10-3-5-14(19-2)12(16)7-10/h3-8H,1-2H3. The molecule has 0 unspecified atom stereocenters. The highest BCUT2D eigenvalue weighted by atomic mass is 79.9. The van der Waals surface area contributed by atoms with E-state index >= 15 is 0 Å². The Bertz CT molecular complexity index is 671. The van der Waals surface area contributed by atoms with Gasteiger partial charge in [0.25, 0.3) is 0 Å². The molecule has 2 rings (SSSR count). The second kappa shape index (κ2) is 6.95. The molecule has 21 heavy (non-hydrogen) atoms. The molecule has 0 spiro atoms. The maximum Gasteiger partial charge on any atom is 0.308 e. The van der Waals surface area contributed by atoms with Crippen molar-refractivity contribution in [1.29, 1.82) is 0 Å². The van der Waals surface area contributed by atoms with Gasteiger partial charge >= 0.3 is 5.97 Å². The maximum absolute atomic E-state index is 10.9. The minimum atomic E-state index is -0.372. The number of halogens is 2. The summed E-state index contributed by atoms with van der Waals surface area (Å²) in [4.78, 5) is 10.9. The zero-order chi connectivity index (χ0) is 15.4. The normalized spacial score (nSPS) is 10.1. The molecule has 6 heteroatoms. The van der Waals surface area contributed by atoms with E-state index in [1.807, 2.05) is 12.1 Å². The van der Waals surface area contributed by atoms with E-state index in [1.165, 1.54) is 6.92 Å². The van der Waals surface area contributed by atoms with Crippen molar-refractivity contribution in [1.82, 2.24) is 0 Å². The molecule has 0 saturated carbocycles. The molecule has 0 N–H and O–H groups in total. The predicted octanol–water partition coefficient (Wildman–Crippen LogP) is 4.94. The fourth-order valence-electron chi connectivity index (χ4n) is 1.63. The summed E-state index contributed by atoms with van der Waals surface area (Å²) in [6.07, 6.45) is 0. The summed E-state index contributed by atoms with van der Waals surface area (Å²) in [6, 6.07) is 10.5. The summed E-state index contributed by atoms with van der Waals surface area (Å²) in [7, 11) is 1.60. The summed E-state index contributed by atoms with van der Waals surface area (Å²) >= 11 is 6.74. The molecule has 0 amide bonds. The van der Waals surface area contributed by atoms with Crippen LogP contribution >= 0.6 is 31.9 Å². The van der Waals surface area contributed by atoms with Gasteiger partial charge in [-0.2, -0.15) is 0 Å². The largest absolute Gasteiger partial charge is 0.496 e. The van der Waals surface area contributed by atoms with Crippen LogP contribution in [0.2, 0.25) is 0 Å². The fraction of sp³-hybridized carbons (Fsp3) is 0.133. The van der Waals surface area contributed by atoms with Crippen LogP contribution in [0.1, 0.15) is 6.92 Å². The molecule has 0 bridgehead atoms. The van der Waals surface area contributed by atoms with Gasteiger partial charge in [0.05, 0.1) is 16.1 Å². The quantitative estimate of drug-likeness (QED) is 0.524. The first-order chi connectivity index (χ1) is 9.99. The van der Waals surface area contributed by atoms with Crippen LogP contribution in [0.5, 0.6) is 23.0 Å². The van der Waals surface area contributed by atoms with Crippen LogP contribution in [0.15, 0.2) is 45.3 Å². The van der Waals surface area contributed by atoms with Gasteiger partial charge < -0.3 is 14.2 Å². The molecule has 2 aromatic carbocycles. The molecule has 0 saturated heterocycles. The van der Waals surface area contributed by atoms with Crippen LogP contribution in [-0.2, 0) is 4.79 Å². The van der Waals surface area contributed by atoms with E-state index in [9.17, 15) is 4.79 Å². The van der Waals surface area contributed by atoms with Gasteiger partial charge in [0.2, 0.25) is 0 Å². The Labute approximate surface area is 139 Å². The zero-order valence-corrected chi connectivity index (χ0v) is 14.5. The molecule has 0 aliphatic carbocycles. The van der Waals surface area contributed by atoms with E-state index < -0.39 is 0 Å². The lowest BCUT2D eigenvalue weighted by Crippen LogP contribution is -2.01. The number of esters is 1. The summed E-state index contributed by atoms with van der Waals surface area (Å²) in [5.74, 6) is 2.09. The molecule has 0 aliphatic heterocycles. The number of carbonyl (C=O) groups excluding carboxylic acids is 1. The van der Waals surface area contributed by atoms with E-state index in [4.69, 9.17) is 14.2 Å². The Balaban J connectivity index is 2.18. The lowest BCUT2D eigenvalue weighted by molar-refractivity contribution is -0.131. The van der Waals surface area contributed by atoms with Gasteiger partial charge in [-0.05, 0) is 68.3 Å². The van der Waals surface area contributed by atoms with Crippen molar-refractivity contribution in [2.45, 2.75) is 6.92 Å². The van der Waals surface area contributed by atoms with Crippen molar-refractivity contribution in [3.8, 4) is 23.0 Å². The number of hydrogen-bond acceptors (Lipinski definition) is 4. The highest BCUT2D eigenvalue weighted by Crippen LogP contribution is 2.34. The van der Waals surface area contributed by atoms with E-state index in [1.54, 1.807) is 31.4 Å². The van der Waals surface area contributed by atoms with Gasteiger partial charge in [0.1, 0.15) is 23.0 Å². The molecule has 0 aliphatic rings. The molecular formula is C15H12Br2O4. The minimum Gasteiger partial charge on any atom is -0.496 e. The van der Waals surface area contributed by atoms with Crippen molar-refractivity contribution >= 4 is 37.8 Å². The summed E-state index contributed by atoms with van der Waals surface area (Å²) in [5.41, 5.74) is 0. The highest BCUT2D eigenvalue weighted by Gasteiger charge is 2.08. The molecule has 0 aromatic heterocycles. The van der Waals surface area contributed by atoms with E-state index in [0.29, 0.717) is 21.7 Å². The van der Waals surface area contributed by atoms with E-state index in [0.717, 1.165) is 10.2 Å². The summed E-state index contributed by atoms with van der Waals surface area (Å²) in [6.45, 7) is 1.35. The Morgan fingerprint density at radius 2 is 1.48 bits per heavy atom. The second-order valence-electron chi connectivity index (χ2n) is 4.08. The van der Waals surface area contributed by atoms with Crippen molar-refractivity contribution in [2.75, 3.05) is 7.11 Å². The van der Waals surface area contributed by atoms with Crippen LogP contribution in [-0.4, -0.2) is 13.1 Å². The average molecular weight is 416 g/mol. The lowest BCUT2D eigenvalue weighted by atomic mass is 10.3. The molecule has 110 valence electrons. The van der Waals surface area contributed by atoms with E-state index in [2.05, 4.69) is 31.9 Å². The highest BCUT2D eigenvalue weighted by molar-refractivity contribution is 9.10. The third-order valence-corrected chi connectivity index (χ3v) is 3.76. The first kappa shape index (κ1) is 15.9. The van der Waals surface area contributed by atoms with E-state index in [-0.39, 0.29) is 5.97 Å². The van der Waals surface area contributed by atoms with Crippen molar-refractivity contribution in [3.63, 3.8) is 0 Å². The van der Waals surface area contributed by atoms with Crippen LogP contribution < -0.4 is 14.2 Å². The van der Waals surface area contributed by atoms with Gasteiger partial charge in [-0.1, -0.05) is 0 Å². The molecule has 0 atom stereocenters. The third kappa shape index (κ3) is 4.22. The minimum absolute atomic E-state index is 0.372. The Kier molecular flexibility index (Phi) is 5.25. The SMILES string of the molecule is COc1ccc(Oc2ccc(OC(C)=O)c(Br)c2)cc1Br. The molecule has 0 radical (unpaired) electrons. The molecule has 2 aromatic rings. The van der Waals surface area contributed by atoms with Gasteiger partial charge in [-0.25, -0.2) is 0 Å². The Hall–Kier alpha value is -1.53. The molecular weight excluding hydrogens is 404 g/mol. The van der Waals surface area contributed by atoms with Gasteiger partial charge in [-0.15, -0.1) is 0 Å². The fourth-order valence-corrected chi connectivity index (χ4v) is 2.59. The zero-order valence-electron chi connectivity index (χ0n) is 11.4. The number of ether oxygens (including phenoxy) is 3. The maximum atomic E-state index is 10.9. The van der Waals surface area contributed by atoms with Crippen LogP contribution in [0.4, 0.5) is 0 Å². The Morgan fingerprint density at radius 3 is 1.90 bits per heavy atom. The van der Waals surface area contributed by atoms with Crippen LogP contribution in [0, 0.1) is 0 Å². The average Bonchev–Trinajstić information content (AvgIpc) is 2.42. The molecule has 0 heterocycles. The second-order valence-corrected chi connectivity index (χ2v) is 5.79. The smallest absolute Gasteiger partial charge is 0.308 e. The van der Waals surface area contributed by atoms with Crippen molar-refractivity contribution < 1.29 is 19.0 Å². The monoisotopic (exact) mass is 414 g/mol. The first-order valence-electron chi connectivity index (χ1n) is 5.99. The van der Waals surface area contributed by atoms with Crippen LogP contribution in [0.3, 0.4) is 0 Å². The predicted molar refractivity (Wildman–Crippen MR) is 86.2 cm³/mol. The van der Waals surface area contributed by atoms with Gasteiger partial charge in [0, 0.05) is 6.92 Å². The number of carbonyl (C=O) groups is 1. The third-order valence-electron chi connectivity index (χ3n) is 2.52. The molecule has 4 nitrogen and oxygen atoms in total.